The first-order valence-corrected chi connectivity index (χ1v) is 13.1. The van der Waals surface area contributed by atoms with E-state index >= 15 is 0 Å². The third-order valence-corrected chi connectivity index (χ3v) is 6.89. The van der Waals surface area contributed by atoms with E-state index in [9.17, 15) is 9.59 Å². The number of benzene rings is 2. The summed E-state index contributed by atoms with van der Waals surface area (Å²) >= 11 is 0. The summed E-state index contributed by atoms with van der Waals surface area (Å²) in [5, 5.41) is 5.83. The number of ether oxygens (including phenoxy) is 2. The molecule has 8 heteroatoms. The third-order valence-electron chi connectivity index (χ3n) is 6.89. The number of morpholine rings is 1. The van der Waals surface area contributed by atoms with Crippen molar-refractivity contribution in [3.05, 3.63) is 54.1 Å². The van der Waals surface area contributed by atoms with Gasteiger partial charge in [0.2, 0.25) is 5.91 Å². The number of carbonyl (C=O) groups excluding carboxylic acids is 2. The van der Waals surface area contributed by atoms with Crippen LogP contribution in [0.5, 0.6) is 5.75 Å². The summed E-state index contributed by atoms with van der Waals surface area (Å²) in [6, 6.07) is 14.2. The second kappa shape index (κ2) is 13.4. The zero-order chi connectivity index (χ0) is 25.2. The first kappa shape index (κ1) is 26.1. The second-order valence-electron chi connectivity index (χ2n) is 9.50. The van der Waals surface area contributed by atoms with Gasteiger partial charge in [0, 0.05) is 30.0 Å². The molecule has 0 saturated carbocycles. The summed E-state index contributed by atoms with van der Waals surface area (Å²) in [5.41, 5.74) is 1.92. The quantitative estimate of drug-likeness (QED) is 0.524. The molecule has 2 N–H and O–H groups in total. The van der Waals surface area contributed by atoms with E-state index in [4.69, 9.17) is 9.47 Å². The van der Waals surface area contributed by atoms with Crippen molar-refractivity contribution in [2.24, 2.45) is 5.92 Å². The van der Waals surface area contributed by atoms with Gasteiger partial charge in [0.05, 0.1) is 26.4 Å². The number of carbonyl (C=O) groups is 2. The van der Waals surface area contributed by atoms with Crippen molar-refractivity contribution in [2.75, 3.05) is 69.7 Å². The first-order chi connectivity index (χ1) is 17.6. The number of nitrogens with zero attached hydrogens (tertiary/aromatic N) is 2. The maximum atomic E-state index is 12.6. The fourth-order valence-electron chi connectivity index (χ4n) is 4.74. The number of anilines is 2. The highest BCUT2D eigenvalue weighted by atomic mass is 16.5. The van der Waals surface area contributed by atoms with Crippen molar-refractivity contribution < 1.29 is 19.1 Å². The van der Waals surface area contributed by atoms with Crippen LogP contribution in [0.4, 0.5) is 11.4 Å². The molecule has 0 radical (unpaired) electrons. The Morgan fingerprint density at radius 1 is 0.889 bits per heavy atom. The molecule has 2 aromatic carbocycles. The van der Waals surface area contributed by atoms with E-state index < -0.39 is 0 Å². The van der Waals surface area contributed by atoms with Gasteiger partial charge in [-0.15, -0.1) is 0 Å². The molecule has 2 fully saturated rings. The minimum atomic E-state index is -0.200. The van der Waals surface area contributed by atoms with Gasteiger partial charge in [-0.1, -0.05) is 0 Å². The molecule has 0 bridgehead atoms. The van der Waals surface area contributed by atoms with Crippen molar-refractivity contribution in [3.8, 4) is 5.75 Å². The summed E-state index contributed by atoms with van der Waals surface area (Å²) < 4.78 is 10.8. The molecule has 0 aliphatic carbocycles. The maximum Gasteiger partial charge on any atom is 0.255 e. The average Bonchev–Trinajstić information content (AvgIpc) is 2.90. The van der Waals surface area contributed by atoms with Crippen LogP contribution in [0.15, 0.2) is 48.5 Å². The van der Waals surface area contributed by atoms with Crippen molar-refractivity contribution in [1.82, 2.24) is 9.80 Å². The Balaban J connectivity index is 1.16. The Hall–Kier alpha value is -2.94. The molecular formula is C28H38N4O4. The van der Waals surface area contributed by atoms with E-state index in [-0.39, 0.29) is 11.8 Å². The molecular weight excluding hydrogens is 456 g/mol. The molecule has 0 atom stereocenters. The molecule has 2 amide bonds. The first-order valence-electron chi connectivity index (χ1n) is 13.1. The fourth-order valence-corrected chi connectivity index (χ4v) is 4.74. The topological polar surface area (TPSA) is 83.1 Å². The van der Waals surface area contributed by atoms with Gasteiger partial charge < -0.3 is 20.1 Å². The van der Waals surface area contributed by atoms with Crippen molar-refractivity contribution >= 4 is 23.2 Å². The highest BCUT2D eigenvalue weighted by molar-refractivity contribution is 6.04. The Labute approximate surface area is 213 Å². The lowest BCUT2D eigenvalue weighted by Crippen LogP contribution is -2.41. The van der Waals surface area contributed by atoms with Crippen LogP contribution in [0.3, 0.4) is 0 Å². The molecule has 2 saturated heterocycles. The monoisotopic (exact) mass is 494 g/mol. The summed E-state index contributed by atoms with van der Waals surface area (Å²) in [5.74, 6) is 1.29. The smallest absolute Gasteiger partial charge is 0.255 e. The highest BCUT2D eigenvalue weighted by Gasteiger charge is 2.22. The number of hydrogen-bond donors (Lipinski definition) is 2. The lowest BCUT2D eigenvalue weighted by atomic mass is 9.93. The van der Waals surface area contributed by atoms with Crippen LogP contribution in [0.2, 0.25) is 0 Å². The highest BCUT2D eigenvalue weighted by Crippen LogP contribution is 2.21. The average molecular weight is 495 g/mol. The van der Waals surface area contributed by atoms with Crippen LogP contribution in [-0.4, -0.2) is 80.7 Å². The van der Waals surface area contributed by atoms with E-state index in [2.05, 4.69) is 20.4 Å². The minimum Gasteiger partial charge on any atom is -0.494 e. The Kier molecular flexibility index (Phi) is 9.72. The van der Waals surface area contributed by atoms with Gasteiger partial charge in [0.15, 0.2) is 0 Å². The number of nitrogens with one attached hydrogen (secondary N) is 2. The number of likely N-dealkylation sites (tertiary alicyclic amines) is 1. The molecule has 194 valence electrons. The molecule has 2 aromatic rings. The third kappa shape index (κ3) is 8.05. The van der Waals surface area contributed by atoms with Crippen LogP contribution in [-0.2, 0) is 9.53 Å². The maximum absolute atomic E-state index is 12.6. The van der Waals surface area contributed by atoms with Gasteiger partial charge in [0.1, 0.15) is 5.75 Å². The molecule has 0 spiro atoms. The van der Waals surface area contributed by atoms with E-state index in [0.717, 1.165) is 70.4 Å². The molecule has 0 aromatic heterocycles. The van der Waals surface area contributed by atoms with E-state index in [0.29, 0.717) is 30.1 Å². The molecule has 4 rings (SSSR count). The van der Waals surface area contributed by atoms with Crippen LogP contribution >= 0.6 is 0 Å². The summed E-state index contributed by atoms with van der Waals surface area (Å²) in [6.45, 7) is 9.82. The number of rotatable bonds is 10. The number of amides is 2. The second-order valence-corrected chi connectivity index (χ2v) is 9.50. The van der Waals surface area contributed by atoms with E-state index in [1.54, 1.807) is 24.3 Å². The molecule has 2 heterocycles. The molecule has 2 aliphatic rings. The largest absolute Gasteiger partial charge is 0.494 e. The van der Waals surface area contributed by atoms with E-state index in [1.165, 1.54) is 6.42 Å². The lowest BCUT2D eigenvalue weighted by molar-refractivity contribution is -0.117. The van der Waals surface area contributed by atoms with Gasteiger partial charge in [-0.2, -0.15) is 0 Å². The predicted octanol–water partition coefficient (Wildman–Crippen LogP) is 3.71. The van der Waals surface area contributed by atoms with Gasteiger partial charge in [-0.3, -0.25) is 19.4 Å². The zero-order valence-electron chi connectivity index (χ0n) is 21.2. The van der Waals surface area contributed by atoms with Crippen LogP contribution < -0.4 is 15.4 Å². The van der Waals surface area contributed by atoms with E-state index in [1.807, 2.05) is 31.2 Å². The lowest BCUT2D eigenvalue weighted by Gasteiger charge is -2.33. The van der Waals surface area contributed by atoms with Crippen LogP contribution in [0.1, 0.15) is 36.5 Å². The van der Waals surface area contributed by atoms with Crippen molar-refractivity contribution in [2.45, 2.75) is 26.2 Å². The van der Waals surface area contributed by atoms with Gasteiger partial charge in [-0.05, 0) is 100 Å². The molecule has 8 nitrogen and oxygen atoms in total. The summed E-state index contributed by atoms with van der Waals surface area (Å²) in [7, 11) is 0. The minimum absolute atomic E-state index is 0.0200. The molecule has 36 heavy (non-hydrogen) atoms. The molecule has 0 unspecified atom stereocenters. The normalized spacial score (nSPS) is 17.5. The van der Waals surface area contributed by atoms with Gasteiger partial charge >= 0.3 is 0 Å². The van der Waals surface area contributed by atoms with Gasteiger partial charge in [0.25, 0.3) is 5.91 Å². The standard InChI is InChI=1S/C28H38N4O4/c1-2-36-26-9-7-25(8-10-26)30-28(34)23-3-5-24(6-4-23)29-27(33)21-32-15-12-22(13-16-32)11-14-31-17-19-35-20-18-31/h3-10,22H,2,11-21H2,1H3,(H,29,33)(H,30,34). The SMILES string of the molecule is CCOc1ccc(NC(=O)c2ccc(NC(=O)CN3CCC(CCN4CCOCC4)CC3)cc2)cc1. The fraction of sp³-hybridized carbons (Fsp3) is 0.500. The van der Waals surface area contributed by atoms with Crippen molar-refractivity contribution in [3.63, 3.8) is 0 Å². The predicted molar refractivity (Wildman–Crippen MR) is 142 cm³/mol. The summed E-state index contributed by atoms with van der Waals surface area (Å²) in [6.07, 6.45) is 3.53. The van der Waals surface area contributed by atoms with Crippen LogP contribution in [0, 0.1) is 5.92 Å². The number of piperidine rings is 1. The Morgan fingerprint density at radius 3 is 2.19 bits per heavy atom. The van der Waals surface area contributed by atoms with Crippen molar-refractivity contribution in [1.29, 1.82) is 0 Å². The van der Waals surface area contributed by atoms with Crippen LogP contribution in [0.25, 0.3) is 0 Å². The molecule has 2 aliphatic heterocycles. The Morgan fingerprint density at radius 2 is 1.53 bits per heavy atom. The van der Waals surface area contributed by atoms with Gasteiger partial charge in [-0.25, -0.2) is 0 Å². The Bertz CT molecular complexity index is 966. The number of hydrogen-bond acceptors (Lipinski definition) is 6. The summed E-state index contributed by atoms with van der Waals surface area (Å²) in [4.78, 5) is 29.8. The zero-order valence-corrected chi connectivity index (χ0v) is 21.2.